The Labute approximate surface area is 108 Å². The van der Waals surface area contributed by atoms with Crippen molar-refractivity contribution >= 4 is 12.1 Å². The van der Waals surface area contributed by atoms with Crippen molar-refractivity contribution in [3.8, 4) is 0 Å². The lowest BCUT2D eigenvalue weighted by Gasteiger charge is -2.29. The number of fused-ring (bicyclic) bond motifs is 2. The van der Waals surface area contributed by atoms with E-state index in [9.17, 15) is 0 Å². The smallest absolute Gasteiger partial charge is 0.129 e. The van der Waals surface area contributed by atoms with E-state index >= 15 is 0 Å². The van der Waals surface area contributed by atoms with E-state index in [2.05, 4.69) is 56.3 Å². The van der Waals surface area contributed by atoms with Crippen LogP contribution in [0.25, 0.3) is 5.32 Å². The second kappa shape index (κ2) is 3.74. The van der Waals surface area contributed by atoms with Crippen molar-refractivity contribution in [3.05, 3.63) is 27.9 Å². The minimum absolute atomic E-state index is 0.253. The van der Waals surface area contributed by atoms with Crippen molar-refractivity contribution in [1.29, 1.82) is 0 Å². The van der Waals surface area contributed by atoms with Crippen molar-refractivity contribution in [2.24, 2.45) is 15.9 Å². The molecule has 0 aromatic rings. The van der Waals surface area contributed by atoms with Crippen LogP contribution in [0.15, 0.2) is 32.5 Å². The predicted octanol–water partition coefficient (Wildman–Crippen LogP) is 2.58. The minimum atomic E-state index is 0.253. The molecule has 0 spiro atoms. The van der Waals surface area contributed by atoms with Gasteiger partial charge in [-0.25, -0.2) is 0 Å². The van der Waals surface area contributed by atoms with E-state index in [1.54, 1.807) is 0 Å². The number of aliphatic imine (C=N–C) groups is 2. The van der Waals surface area contributed by atoms with Gasteiger partial charge in [0.15, 0.2) is 0 Å². The Morgan fingerprint density at radius 3 is 2.72 bits per heavy atom. The maximum atomic E-state index is 4.90. The molecule has 2 heterocycles. The molecule has 0 saturated carbocycles. The molecule has 0 N–H and O–H groups in total. The number of nitrogens with zero attached hydrogens (tertiary/aromatic N) is 4. The van der Waals surface area contributed by atoms with Crippen LogP contribution in [0.3, 0.4) is 0 Å². The predicted molar refractivity (Wildman–Crippen MR) is 73.8 cm³/mol. The molecule has 3 aliphatic rings. The van der Waals surface area contributed by atoms with Crippen LogP contribution >= 0.6 is 0 Å². The van der Waals surface area contributed by atoms with Crippen LogP contribution in [-0.2, 0) is 0 Å². The minimum Gasteiger partial charge on any atom is -0.271 e. The van der Waals surface area contributed by atoms with Crippen molar-refractivity contribution in [2.75, 3.05) is 7.05 Å². The first kappa shape index (κ1) is 11.6. The molecule has 4 nitrogen and oxygen atoms in total. The lowest BCUT2D eigenvalue weighted by atomic mass is 9.89. The zero-order valence-corrected chi connectivity index (χ0v) is 11.5. The van der Waals surface area contributed by atoms with E-state index in [1.807, 2.05) is 0 Å². The van der Waals surface area contributed by atoms with Gasteiger partial charge in [-0.15, -0.1) is 0 Å². The average Bonchev–Trinajstić information content (AvgIpc) is 2.90. The first-order valence-electron chi connectivity index (χ1n) is 6.41. The van der Waals surface area contributed by atoms with Crippen LogP contribution < -0.4 is 0 Å². The van der Waals surface area contributed by atoms with Crippen molar-refractivity contribution in [2.45, 2.75) is 39.9 Å². The number of likely N-dealkylation sites (N-methyl/N-ethyl adjacent to an activating group) is 1. The standard InChI is InChI=1S/C14H18N4/c1-7(2)14-17-12-8(3)10-11(16-6-15-10)9(4)13(12)18(14)5/h7,13-14H,1-5H3. The molecule has 0 radical (unpaired) electrons. The summed E-state index contributed by atoms with van der Waals surface area (Å²) in [4.78, 5) is 11.5. The fourth-order valence-corrected chi connectivity index (χ4v) is 3.10. The van der Waals surface area contributed by atoms with Gasteiger partial charge in [-0.2, -0.15) is 0 Å². The first-order valence-corrected chi connectivity index (χ1v) is 6.41. The second-order valence-electron chi connectivity index (χ2n) is 5.57. The third-order valence-electron chi connectivity index (χ3n) is 4.02. The van der Waals surface area contributed by atoms with Gasteiger partial charge in [-0.1, -0.05) is 13.8 Å². The summed E-state index contributed by atoms with van der Waals surface area (Å²) in [6, 6.07) is 0.259. The van der Waals surface area contributed by atoms with Crippen LogP contribution in [0, 0.1) is 5.92 Å². The van der Waals surface area contributed by atoms with E-state index in [0.29, 0.717) is 5.92 Å². The van der Waals surface area contributed by atoms with Gasteiger partial charge in [0.05, 0.1) is 11.8 Å². The van der Waals surface area contributed by atoms with Gasteiger partial charge in [0.2, 0.25) is 0 Å². The molecule has 0 fully saturated rings. The van der Waals surface area contributed by atoms with Crippen molar-refractivity contribution in [1.82, 2.24) is 4.90 Å². The Hall–Kier alpha value is -1.51. The summed E-state index contributed by atoms with van der Waals surface area (Å²) in [6.45, 7) is 8.65. The third-order valence-corrected chi connectivity index (χ3v) is 4.02. The van der Waals surface area contributed by atoms with Crippen LogP contribution in [0.1, 0.15) is 27.7 Å². The highest BCUT2D eigenvalue weighted by atomic mass is 15.3. The summed E-state index contributed by atoms with van der Waals surface area (Å²) in [5, 5.41) is 4.28. The molecule has 0 bridgehead atoms. The summed E-state index contributed by atoms with van der Waals surface area (Å²) in [5.41, 5.74) is 5.52. The lowest BCUT2D eigenvalue weighted by Crippen LogP contribution is -2.41. The largest absolute Gasteiger partial charge is 0.271 e. The summed E-state index contributed by atoms with van der Waals surface area (Å²) in [7, 11) is 2.15. The molecule has 94 valence electrons. The first-order chi connectivity index (χ1) is 8.52. The van der Waals surface area contributed by atoms with Crippen LogP contribution in [0.5, 0.6) is 0 Å². The Morgan fingerprint density at radius 2 is 2.06 bits per heavy atom. The zero-order valence-electron chi connectivity index (χ0n) is 11.5. The van der Waals surface area contributed by atoms with E-state index in [-0.39, 0.29) is 12.2 Å². The molecule has 0 aromatic carbocycles. The Balaban J connectivity index is 2.13. The molecule has 2 aliphatic heterocycles. The molecule has 0 saturated heterocycles. The monoisotopic (exact) mass is 242 g/mol. The second-order valence-corrected chi connectivity index (χ2v) is 5.57. The molecule has 18 heavy (non-hydrogen) atoms. The zero-order chi connectivity index (χ0) is 13.0. The topological polar surface area (TPSA) is 42.1 Å². The summed E-state index contributed by atoms with van der Waals surface area (Å²) < 4.78 is 0. The number of rotatable bonds is 1. The van der Waals surface area contributed by atoms with Crippen molar-refractivity contribution < 1.29 is 0 Å². The highest BCUT2D eigenvalue weighted by Crippen LogP contribution is 2.40. The van der Waals surface area contributed by atoms with Crippen molar-refractivity contribution in [3.63, 3.8) is 0 Å². The van der Waals surface area contributed by atoms with Crippen LogP contribution in [0.2, 0.25) is 0 Å². The molecular formula is C14H18N4. The average molecular weight is 242 g/mol. The Morgan fingerprint density at radius 1 is 1.33 bits per heavy atom. The third kappa shape index (κ3) is 1.33. The van der Waals surface area contributed by atoms with Gasteiger partial charge in [0, 0.05) is 17.5 Å². The fraction of sp³-hybridized carbons (Fsp3) is 0.571. The van der Waals surface area contributed by atoms with Gasteiger partial charge in [0.1, 0.15) is 17.6 Å². The lowest BCUT2D eigenvalue weighted by molar-refractivity contribution is 0.213. The highest BCUT2D eigenvalue weighted by Gasteiger charge is 2.43. The molecule has 3 rings (SSSR count). The SMILES string of the molecule is CC1=C2N=[C+][N-]C2=C(C)C2C1=NC(C(C)C)N2C. The normalized spacial score (nSPS) is 30.4. The molecule has 4 heteroatoms. The van der Waals surface area contributed by atoms with Gasteiger partial charge >= 0.3 is 0 Å². The van der Waals surface area contributed by atoms with Gasteiger partial charge in [-0.05, 0) is 26.8 Å². The summed E-state index contributed by atoms with van der Waals surface area (Å²) >= 11 is 0. The maximum absolute atomic E-state index is 4.90. The molecular weight excluding hydrogens is 224 g/mol. The highest BCUT2D eigenvalue weighted by molar-refractivity contribution is 6.11. The Bertz CT molecular complexity index is 522. The molecule has 0 aromatic heterocycles. The van der Waals surface area contributed by atoms with Gasteiger partial charge < -0.3 is 0 Å². The van der Waals surface area contributed by atoms with E-state index in [4.69, 9.17) is 4.99 Å². The van der Waals surface area contributed by atoms with Crippen LogP contribution in [-0.4, -0.2) is 36.2 Å². The summed E-state index contributed by atoms with van der Waals surface area (Å²) in [5.74, 6) is 0.510. The molecule has 0 amide bonds. The van der Waals surface area contributed by atoms with E-state index in [1.165, 1.54) is 5.57 Å². The quantitative estimate of drug-likeness (QED) is 0.652. The fourth-order valence-electron chi connectivity index (χ4n) is 3.10. The number of hydrogen-bond donors (Lipinski definition) is 0. The van der Waals surface area contributed by atoms with E-state index in [0.717, 1.165) is 22.7 Å². The Kier molecular flexibility index (Phi) is 2.40. The number of hydrogen-bond acceptors (Lipinski definition) is 3. The molecule has 2 unspecified atom stereocenters. The molecule has 2 atom stereocenters. The molecule has 1 aliphatic carbocycles. The maximum Gasteiger partial charge on any atom is 0.129 e. The van der Waals surface area contributed by atoms with Gasteiger partial charge in [0.25, 0.3) is 0 Å². The summed E-state index contributed by atoms with van der Waals surface area (Å²) in [6.07, 6.45) is 2.98. The van der Waals surface area contributed by atoms with Gasteiger partial charge in [-0.3, -0.25) is 20.2 Å². The van der Waals surface area contributed by atoms with Crippen LogP contribution in [0.4, 0.5) is 0 Å². The van der Waals surface area contributed by atoms with E-state index < -0.39 is 0 Å².